The molecule has 2 rings (SSSR count). The lowest BCUT2D eigenvalue weighted by Crippen LogP contribution is -2.47. The van der Waals surface area contributed by atoms with Crippen LogP contribution in [0, 0.1) is 0 Å². The molecule has 0 radical (unpaired) electrons. The normalized spacial score (nSPS) is 19.1. The molecule has 7 heteroatoms. The van der Waals surface area contributed by atoms with Crippen LogP contribution in [0.25, 0.3) is 0 Å². The second-order valence-corrected chi connectivity index (χ2v) is 5.42. The number of carboxylic acids is 1. The Balaban J connectivity index is 1.73. The maximum Gasteiger partial charge on any atom is 0.355 e. The number of carbonyl (C=O) groups excluding carboxylic acids is 1. The van der Waals surface area contributed by atoms with Gasteiger partial charge in [-0.1, -0.05) is 6.42 Å². The van der Waals surface area contributed by atoms with Crippen molar-refractivity contribution in [1.82, 2.24) is 15.6 Å². The Bertz CT molecular complexity index is 455. The minimum absolute atomic E-state index is 0.0229. The number of carboxylic acid groups (broad SMARTS) is 1. The van der Waals surface area contributed by atoms with Crippen molar-refractivity contribution < 1.29 is 14.7 Å². The molecule has 1 aliphatic heterocycles. The van der Waals surface area contributed by atoms with E-state index in [1.807, 2.05) is 0 Å². The van der Waals surface area contributed by atoms with Crippen LogP contribution in [0.15, 0.2) is 5.38 Å². The van der Waals surface area contributed by atoms with E-state index in [1.54, 1.807) is 0 Å². The molecule has 19 heavy (non-hydrogen) atoms. The van der Waals surface area contributed by atoms with Crippen LogP contribution in [0.5, 0.6) is 0 Å². The highest BCUT2D eigenvalue weighted by Gasteiger charge is 2.19. The average Bonchev–Trinajstić information content (AvgIpc) is 2.89. The zero-order valence-electron chi connectivity index (χ0n) is 10.5. The van der Waals surface area contributed by atoms with Gasteiger partial charge in [0.2, 0.25) is 5.91 Å². The lowest BCUT2D eigenvalue weighted by molar-refractivity contribution is -0.123. The van der Waals surface area contributed by atoms with Crippen molar-refractivity contribution in [1.29, 1.82) is 0 Å². The van der Waals surface area contributed by atoms with E-state index < -0.39 is 5.97 Å². The molecular weight excluding hydrogens is 266 g/mol. The van der Waals surface area contributed by atoms with Gasteiger partial charge in [0.25, 0.3) is 0 Å². The fraction of sp³-hybridized carbons (Fsp3) is 0.583. The largest absolute Gasteiger partial charge is 0.476 e. The fourth-order valence-electron chi connectivity index (χ4n) is 2.02. The number of hydrogen-bond acceptors (Lipinski definition) is 5. The molecular formula is C12H17N3O3S. The highest BCUT2D eigenvalue weighted by molar-refractivity contribution is 7.09. The number of rotatable bonds is 5. The van der Waals surface area contributed by atoms with E-state index in [2.05, 4.69) is 15.6 Å². The van der Waals surface area contributed by atoms with Crippen LogP contribution < -0.4 is 10.6 Å². The van der Waals surface area contributed by atoms with Gasteiger partial charge in [-0.2, -0.15) is 0 Å². The molecule has 0 spiro atoms. The van der Waals surface area contributed by atoms with Gasteiger partial charge in [0, 0.05) is 18.3 Å². The van der Waals surface area contributed by atoms with Crippen LogP contribution >= 0.6 is 11.3 Å². The molecule has 1 atom stereocenters. The Kier molecular flexibility index (Phi) is 4.86. The van der Waals surface area contributed by atoms with Crippen LogP contribution in [0.4, 0.5) is 0 Å². The number of nitrogens with zero attached hydrogens (tertiary/aromatic N) is 1. The van der Waals surface area contributed by atoms with Crippen LogP contribution in [0.3, 0.4) is 0 Å². The van der Waals surface area contributed by atoms with E-state index in [1.165, 1.54) is 16.7 Å². The Hall–Kier alpha value is -1.47. The van der Waals surface area contributed by atoms with Crippen molar-refractivity contribution in [2.45, 2.75) is 31.7 Å². The number of amides is 1. The van der Waals surface area contributed by atoms with Gasteiger partial charge in [-0.3, -0.25) is 4.79 Å². The van der Waals surface area contributed by atoms with E-state index in [0.29, 0.717) is 13.0 Å². The second kappa shape index (κ2) is 6.63. The molecule has 0 aliphatic carbocycles. The first-order valence-electron chi connectivity index (χ1n) is 6.35. The summed E-state index contributed by atoms with van der Waals surface area (Å²) in [6.45, 7) is 1.39. The zero-order chi connectivity index (χ0) is 13.7. The third-order valence-corrected chi connectivity index (χ3v) is 3.94. The minimum atomic E-state index is -1.02. The monoisotopic (exact) mass is 283 g/mol. The summed E-state index contributed by atoms with van der Waals surface area (Å²) in [5.74, 6) is -0.993. The molecule has 1 aliphatic rings. The predicted molar refractivity (Wildman–Crippen MR) is 71.4 cm³/mol. The van der Waals surface area contributed by atoms with Crippen molar-refractivity contribution in [3.8, 4) is 0 Å². The first-order chi connectivity index (χ1) is 9.16. The van der Waals surface area contributed by atoms with Crippen molar-refractivity contribution in [2.75, 3.05) is 13.1 Å². The fourth-order valence-corrected chi connectivity index (χ4v) is 2.79. The predicted octanol–water partition coefficient (Wildman–Crippen LogP) is 0.642. The standard InChI is InChI=1S/C12H17N3O3S/c16-11(8-3-1-2-5-13-8)14-6-4-10-15-9(7-19-10)12(17)18/h7-8,13H,1-6H2,(H,14,16)(H,17,18). The topological polar surface area (TPSA) is 91.3 Å². The zero-order valence-corrected chi connectivity index (χ0v) is 11.3. The number of nitrogens with one attached hydrogen (secondary N) is 2. The van der Waals surface area contributed by atoms with Crippen molar-refractivity contribution in [3.05, 3.63) is 16.1 Å². The number of hydrogen-bond donors (Lipinski definition) is 3. The van der Waals surface area contributed by atoms with Gasteiger partial charge >= 0.3 is 5.97 Å². The summed E-state index contributed by atoms with van der Waals surface area (Å²) in [4.78, 5) is 26.5. The third-order valence-electron chi connectivity index (χ3n) is 3.04. The molecule has 1 amide bonds. The Morgan fingerprint density at radius 1 is 1.53 bits per heavy atom. The van der Waals surface area contributed by atoms with Gasteiger partial charge in [0.15, 0.2) is 5.69 Å². The Morgan fingerprint density at radius 2 is 2.37 bits per heavy atom. The smallest absolute Gasteiger partial charge is 0.355 e. The maximum absolute atomic E-state index is 11.8. The van der Waals surface area contributed by atoms with Gasteiger partial charge in [0.05, 0.1) is 11.0 Å². The SMILES string of the molecule is O=C(O)c1csc(CCNC(=O)C2CCCCN2)n1. The van der Waals surface area contributed by atoms with E-state index in [4.69, 9.17) is 5.11 Å². The van der Waals surface area contributed by atoms with Gasteiger partial charge in [-0.25, -0.2) is 9.78 Å². The molecule has 1 aromatic heterocycles. The summed E-state index contributed by atoms with van der Waals surface area (Å²) in [6, 6.07) is -0.0837. The molecule has 1 fully saturated rings. The molecule has 2 heterocycles. The summed E-state index contributed by atoms with van der Waals surface area (Å²) in [6.07, 6.45) is 3.66. The first kappa shape index (κ1) is 14.0. The molecule has 1 saturated heterocycles. The maximum atomic E-state index is 11.8. The Morgan fingerprint density at radius 3 is 3.00 bits per heavy atom. The van der Waals surface area contributed by atoms with Crippen molar-refractivity contribution >= 4 is 23.2 Å². The number of piperidine rings is 1. The molecule has 0 aromatic carbocycles. The van der Waals surface area contributed by atoms with Crippen LogP contribution in [-0.4, -0.2) is 41.1 Å². The van der Waals surface area contributed by atoms with E-state index in [9.17, 15) is 9.59 Å². The molecule has 6 nitrogen and oxygen atoms in total. The van der Waals surface area contributed by atoms with Gasteiger partial charge in [-0.15, -0.1) is 11.3 Å². The second-order valence-electron chi connectivity index (χ2n) is 4.48. The molecule has 0 bridgehead atoms. The third kappa shape index (κ3) is 4.00. The number of aromatic carboxylic acids is 1. The van der Waals surface area contributed by atoms with E-state index >= 15 is 0 Å². The van der Waals surface area contributed by atoms with Gasteiger partial charge in [-0.05, 0) is 19.4 Å². The summed E-state index contributed by atoms with van der Waals surface area (Å²) in [5.41, 5.74) is 0.0697. The summed E-state index contributed by atoms with van der Waals surface area (Å²) in [5, 5.41) is 17.0. The van der Waals surface area contributed by atoms with E-state index in [-0.39, 0.29) is 17.6 Å². The Labute approximate surface area is 115 Å². The van der Waals surface area contributed by atoms with E-state index in [0.717, 1.165) is 30.8 Å². The van der Waals surface area contributed by atoms with Crippen LogP contribution in [0.2, 0.25) is 0 Å². The molecule has 0 saturated carbocycles. The molecule has 1 aromatic rings. The van der Waals surface area contributed by atoms with Crippen molar-refractivity contribution in [2.24, 2.45) is 0 Å². The summed E-state index contributed by atoms with van der Waals surface area (Å²) < 4.78 is 0. The highest BCUT2D eigenvalue weighted by atomic mass is 32.1. The summed E-state index contributed by atoms with van der Waals surface area (Å²) >= 11 is 1.31. The first-order valence-corrected chi connectivity index (χ1v) is 7.23. The molecule has 104 valence electrons. The quantitative estimate of drug-likeness (QED) is 0.737. The van der Waals surface area contributed by atoms with Crippen LogP contribution in [0.1, 0.15) is 34.8 Å². The van der Waals surface area contributed by atoms with Crippen molar-refractivity contribution in [3.63, 3.8) is 0 Å². The average molecular weight is 283 g/mol. The molecule has 3 N–H and O–H groups in total. The summed E-state index contributed by atoms with van der Waals surface area (Å²) in [7, 11) is 0. The number of aromatic nitrogens is 1. The van der Waals surface area contributed by atoms with Gasteiger partial charge in [0.1, 0.15) is 0 Å². The van der Waals surface area contributed by atoms with Crippen LogP contribution in [-0.2, 0) is 11.2 Å². The number of thiazole rings is 1. The number of carbonyl (C=O) groups is 2. The lowest BCUT2D eigenvalue weighted by atomic mass is 10.0. The highest BCUT2D eigenvalue weighted by Crippen LogP contribution is 2.10. The molecule has 1 unspecified atom stereocenters. The minimum Gasteiger partial charge on any atom is -0.476 e. The van der Waals surface area contributed by atoms with Gasteiger partial charge < -0.3 is 15.7 Å². The lowest BCUT2D eigenvalue weighted by Gasteiger charge is -2.22.